The van der Waals surface area contributed by atoms with Gasteiger partial charge in [0.2, 0.25) is 11.5 Å². The van der Waals surface area contributed by atoms with Crippen LogP contribution in [0.25, 0.3) is 5.65 Å². The molecule has 7 nitrogen and oxygen atoms in total. The molecular weight excluding hydrogens is 260 g/mol. The SMILES string of the molecule is CN(Cc1ccco1)c1nc2ccccn2c1[N+](=O)[O-]. The Morgan fingerprint density at radius 3 is 2.95 bits per heavy atom. The number of pyridine rings is 1. The maximum absolute atomic E-state index is 11.3. The van der Waals surface area contributed by atoms with Crippen molar-refractivity contribution >= 4 is 17.3 Å². The van der Waals surface area contributed by atoms with Gasteiger partial charge in [-0.05, 0) is 23.1 Å². The molecule has 0 fully saturated rings. The molecule has 20 heavy (non-hydrogen) atoms. The Labute approximate surface area is 114 Å². The average molecular weight is 272 g/mol. The van der Waals surface area contributed by atoms with Crippen molar-refractivity contribution in [2.75, 3.05) is 11.9 Å². The highest BCUT2D eigenvalue weighted by Crippen LogP contribution is 2.28. The van der Waals surface area contributed by atoms with Crippen LogP contribution in [0.5, 0.6) is 0 Å². The van der Waals surface area contributed by atoms with E-state index in [4.69, 9.17) is 4.42 Å². The molecule has 0 N–H and O–H groups in total. The summed E-state index contributed by atoms with van der Waals surface area (Å²) in [7, 11) is 1.75. The van der Waals surface area contributed by atoms with Crippen LogP contribution in [0.2, 0.25) is 0 Å². The molecule has 3 aromatic rings. The topological polar surface area (TPSA) is 76.8 Å². The third-order valence-electron chi connectivity index (χ3n) is 2.99. The number of fused-ring (bicyclic) bond motifs is 1. The molecule has 7 heteroatoms. The van der Waals surface area contributed by atoms with Gasteiger partial charge in [-0.15, -0.1) is 0 Å². The second-order valence-corrected chi connectivity index (χ2v) is 4.38. The predicted octanol–water partition coefficient (Wildman–Crippen LogP) is 2.47. The zero-order chi connectivity index (χ0) is 14.1. The van der Waals surface area contributed by atoms with Crippen LogP contribution in [0.3, 0.4) is 0 Å². The first-order valence-electron chi connectivity index (χ1n) is 6.02. The lowest BCUT2D eigenvalue weighted by Crippen LogP contribution is -2.17. The van der Waals surface area contributed by atoms with Crippen molar-refractivity contribution in [1.29, 1.82) is 0 Å². The van der Waals surface area contributed by atoms with Crippen molar-refractivity contribution in [1.82, 2.24) is 9.38 Å². The van der Waals surface area contributed by atoms with Crippen LogP contribution in [0.4, 0.5) is 11.6 Å². The Hall–Kier alpha value is -2.83. The number of furan rings is 1. The fourth-order valence-electron chi connectivity index (χ4n) is 2.11. The van der Waals surface area contributed by atoms with Crippen molar-refractivity contribution in [3.8, 4) is 0 Å². The van der Waals surface area contributed by atoms with Gasteiger partial charge in [-0.3, -0.25) is 0 Å². The summed E-state index contributed by atoms with van der Waals surface area (Å²) in [5.41, 5.74) is 0.542. The van der Waals surface area contributed by atoms with Gasteiger partial charge in [0.1, 0.15) is 5.76 Å². The fraction of sp³-hybridized carbons (Fsp3) is 0.154. The molecule has 0 saturated heterocycles. The molecule has 0 atom stereocenters. The van der Waals surface area contributed by atoms with Gasteiger partial charge in [0.05, 0.1) is 19.0 Å². The zero-order valence-corrected chi connectivity index (χ0v) is 10.8. The van der Waals surface area contributed by atoms with E-state index in [1.165, 1.54) is 4.40 Å². The summed E-state index contributed by atoms with van der Waals surface area (Å²) in [6.45, 7) is 0.414. The van der Waals surface area contributed by atoms with E-state index in [0.717, 1.165) is 5.76 Å². The number of nitro groups is 1. The van der Waals surface area contributed by atoms with Gasteiger partial charge >= 0.3 is 5.82 Å². The molecule has 3 rings (SSSR count). The normalized spacial score (nSPS) is 10.8. The first-order valence-corrected chi connectivity index (χ1v) is 6.02. The van der Waals surface area contributed by atoms with Crippen LogP contribution in [0, 0.1) is 10.1 Å². The Morgan fingerprint density at radius 1 is 1.40 bits per heavy atom. The number of hydrogen-bond donors (Lipinski definition) is 0. The number of imidazole rings is 1. The average Bonchev–Trinajstić information content (AvgIpc) is 3.04. The monoisotopic (exact) mass is 272 g/mol. The third-order valence-corrected chi connectivity index (χ3v) is 2.99. The number of rotatable bonds is 4. The van der Waals surface area contributed by atoms with Crippen LogP contribution in [0.15, 0.2) is 47.2 Å². The minimum absolute atomic E-state index is 0.0466. The van der Waals surface area contributed by atoms with E-state index < -0.39 is 4.92 Å². The van der Waals surface area contributed by atoms with Crippen LogP contribution in [-0.2, 0) is 6.54 Å². The number of aromatic nitrogens is 2. The second kappa shape index (κ2) is 4.69. The number of nitrogens with zero attached hydrogens (tertiary/aromatic N) is 4. The van der Waals surface area contributed by atoms with E-state index in [-0.39, 0.29) is 5.82 Å². The minimum Gasteiger partial charge on any atom is -0.467 e. The molecule has 0 aliphatic carbocycles. The van der Waals surface area contributed by atoms with Gasteiger partial charge in [-0.2, -0.15) is 9.38 Å². The summed E-state index contributed by atoms with van der Waals surface area (Å²) in [5.74, 6) is 0.992. The molecule has 0 aliphatic heterocycles. The quantitative estimate of drug-likeness (QED) is 0.538. The van der Waals surface area contributed by atoms with E-state index in [2.05, 4.69) is 4.98 Å². The molecule has 3 aromatic heterocycles. The summed E-state index contributed by atoms with van der Waals surface area (Å²) >= 11 is 0. The van der Waals surface area contributed by atoms with Gasteiger partial charge in [0.15, 0.2) is 0 Å². The maximum atomic E-state index is 11.3. The van der Waals surface area contributed by atoms with Crippen molar-refractivity contribution in [3.05, 3.63) is 58.7 Å². The molecule has 0 saturated carbocycles. The Balaban J connectivity index is 2.06. The smallest absolute Gasteiger partial charge is 0.372 e. The highest BCUT2D eigenvalue weighted by molar-refractivity contribution is 5.63. The first-order chi connectivity index (χ1) is 9.66. The molecule has 0 spiro atoms. The maximum Gasteiger partial charge on any atom is 0.372 e. The van der Waals surface area contributed by atoms with Gasteiger partial charge in [-0.1, -0.05) is 6.07 Å². The molecule has 102 valence electrons. The summed E-state index contributed by atoms with van der Waals surface area (Å²) < 4.78 is 6.72. The summed E-state index contributed by atoms with van der Waals surface area (Å²) in [5, 5.41) is 11.3. The van der Waals surface area contributed by atoms with Crippen molar-refractivity contribution in [2.45, 2.75) is 6.54 Å². The highest BCUT2D eigenvalue weighted by Gasteiger charge is 2.25. The summed E-state index contributed by atoms with van der Waals surface area (Å²) in [6.07, 6.45) is 3.20. The van der Waals surface area contributed by atoms with Gasteiger partial charge in [0.25, 0.3) is 0 Å². The predicted molar refractivity (Wildman–Crippen MR) is 72.7 cm³/mol. The third kappa shape index (κ3) is 1.99. The van der Waals surface area contributed by atoms with E-state index in [1.807, 2.05) is 6.07 Å². The van der Waals surface area contributed by atoms with Crippen LogP contribution < -0.4 is 4.90 Å². The molecule has 0 radical (unpaired) electrons. The Kier molecular flexibility index (Phi) is 2.86. The highest BCUT2D eigenvalue weighted by atomic mass is 16.6. The van der Waals surface area contributed by atoms with E-state index >= 15 is 0 Å². The first kappa shape index (κ1) is 12.2. The number of hydrogen-bond acceptors (Lipinski definition) is 5. The molecule has 0 unspecified atom stereocenters. The molecular formula is C13H12N4O3. The van der Waals surface area contributed by atoms with Crippen LogP contribution >= 0.6 is 0 Å². The van der Waals surface area contributed by atoms with Crippen LogP contribution in [0.1, 0.15) is 5.76 Å². The Bertz CT molecular complexity index is 748. The largest absolute Gasteiger partial charge is 0.467 e. The fourth-order valence-corrected chi connectivity index (χ4v) is 2.11. The van der Waals surface area contributed by atoms with Gasteiger partial charge in [-0.25, -0.2) is 0 Å². The molecule has 0 aliphatic rings. The van der Waals surface area contributed by atoms with Crippen molar-refractivity contribution in [3.63, 3.8) is 0 Å². The standard InChI is InChI=1S/C13H12N4O3/c1-15(9-10-5-4-8-20-10)12-13(17(18)19)16-7-3-2-6-11(16)14-12/h2-8H,9H2,1H3. The van der Waals surface area contributed by atoms with Gasteiger partial charge < -0.3 is 19.4 Å². The van der Waals surface area contributed by atoms with Crippen LogP contribution in [-0.4, -0.2) is 21.4 Å². The zero-order valence-electron chi connectivity index (χ0n) is 10.8. The molecule has 0 bridgehead atoms. The van der Waals surface area contributed by atoms with Gasteiger partial charge in [0, 0.05) is 13.1 Å². The molecule has 0 amide bonds. The van der Waals surface area contributed by atoms with E-state index in [1.54, 1.807) is 48.7 Å². The van der Waals surface area contributed by atoms with Crippen molar-refractivity contribution in [2.24, 2.45) is 0 Å². The van der Waals surface area contributed by atoms with E-state index in [0.29, 0.717) is 18.0 Å². The summed E-state index contributed by atoms with van der Waals surface area (Å²) in [6, 6.07) is 8.86. The van der Waals surface area contributed by atoms with Crippen molar-refractivity contribution < 1.29 is 9.34 Å². The Morgan fingerprint density at radius 2 is 2.25 bits per heavy atom. The number of anilines is 1. The van der Waals surface area contributed by atoms with E-state index in [9.17, 15) is 10.1 Å². The molecule has 3 heterocycles. The summed E-state index contributed by atoms with van der Waals surface area (Å²) in [4.78, 5) is 16.9. The second-order valence-electron chi connectivity index (χ2n) is 4.38. The lowest BCUT2D eigenvalue weighted by atomic mass is 10.4. The molecule has 0 aromatic carbocycles. The minimum atomic E-state index is -0.423. The lowest BCUT2D eigenvalue weighted by molar-refractivity contribution is -0.389. The lowest BCUT2D eigenvalue weighted by Gasteiger charge is -2.13.